The van der Waals surface area contributed by atoms with E-state index in [0.717, 1.165) is 18.8 Å². The maximum atomic E-state index is 12.1. The van der Waals surface area contributed by atoms with Crippen LogP contribution in [0.25, 0.3) is 0 Å². The summed E-state index contributed by atoms with van der Waals surface area (Å²) in [4.78, 5) is 16.0. The van der Waals surface area contributed by atoms with E-state index in [0.29, 0.717) is 16.6 Å². The minimum atomic E-state index is -0.0775. The van der Waals surface area contributed by atoms with Crippen molar-refractivity contribution in [2.45, 2.75) is 51.5 Å². The quantitative estimate of drug-likeness (QED) is 0.911. The number of hydrogen-bond acceptors (Lipinski definition) is 2. The van der Waals surface area contributed by atoms with Crippen LogP contribution in [0.2, 0.25) is 5.02 Å². The Bertz CT molecular complexity index is 428. The van der Waals surface area contributed by atoms with Crippen LogP contribution >= 0.6 is 11.6 Å². The molecule has 0 aromatic carbocycles. The fourth-order valence-corrected chi connectivity index (χ4v) is 3.03. The average Bonchev–Trinajstić information content (AvgIpc) is 2.42. The largest absolute Gasteiger partial charge is 0.349 e. The first-order valence-corrected chi connectivity index (χ1v) is 7.49. The van der Waals surface area contributed by atoms with Crippen LogP contribution in [0.1, 0.15) is 55.8 Å². The van der Waals surface area contributed by atoms with Crippen molar-refractivity contribution in [3.63, 3.8) is 0 Å². The van der Waals surface area contributed by atoms with Crippen LogP contribution in [0.15, 0.2) is 18.5 Å². The topological polar surface area (TPSA) is 42.0 Å². The van der Waals surface area contributed by atoms with Crippen LogP contribution in [0.5, 0.6) is 0 Å². The summed E-state index contributed by atoms with van der Waals surface area (Å²) < 4.78 is 0. The van der Waals surface area contributed by atoms with Gasteiger partial charge in [0.1, 0.15) is 0 Å². The molecule has 1 aromatic rings. The normalized spacial score (nSPS) is 23.1. The predicted molar refractivity (Wildman–Crippen MR) is 77.4 cm³/mol. The predicted octanol–water partition coefficient (Wildman–Crippen LogP) is 3.82. The van der Waals surface area contributed by atoms with Gasteiger partial charge in [0, 0.05) is 18.4 Å². The summed E-state index contributed by atoms with van der Waals surface area (Å²) in [5.41, 5.74) is 0.521. The number of halogens is 1. The number of carbonyl (C=O) groups excluding carboxylic acids is 1. The molecule has 1 fully saturated rings. The summed E-state index contributed by atoms with van der Waals surface area (Å²) in [6, 6.07) is 1.96. The van der Waals surface area contributed by atoms with Crippen LogP contribution < -0.4 is 5.32 Å². The van der Waals surface area contributed by atoms with Gasteiger partial charge in [-0.1, -0.05) is 31.4 Å². The van der Waals surface area contributed by atoms with Gasteiger partial charge in [0.15, 0.2) is 0 Å². The highest BCUT2D eigenvalue weighted by Gasteiger charge is 2.22. The zero-order chi connectivity index (χ0) is 13.7. The summed E-state index contributed by atoms with van der Waals surface area (Å²) in [7, 11) is 0. The van der Waals surface area contributed by atoms with Gasteiger partial charge in [-0.15, -0.1) is 0 Å². The zero-order valence-corrected chi connectivity index (χ0v) is 12.1. The Morgan fingerprint density at radius 2 is 2.16 bits per heavy atom. The fraction of sp³-hybridized carbons (Fsp3) is 0.600. The molecule has 4 heteroatoms. The molecule has 0 saturated heterocycles. The van der Waals surface area contributed by atoms with Crippen molar-refractivity contribution in [3.05, 3.63) is 29.0 Å². The van der Waals surface area contributed by atoms with Gasteiger partial charge >= 0.3 is 0 Å². The van der Waals surface area contributed by atoms with E-state index in [2.05, 4.69) is 17.2 Å². The molecule has 19 heavy (non-hydrogen) atoms. The van der Waals surface area contributed by atoms with Crippen molar-refractivity contribution in [1.29, 1.82) is 0 Å². The Hall–Kier alpha value is -1.09. The number of pyridine rings is 1. The molecule has 1 heterocycles. The van der Waals surface area contributed by atoms with Crippen LogP contribution in [0.4, 0.5) is 0 Å². The molecule has 1 N–H and O–H groups in total. The molecule has 0 bridgehead atoms. The molecule has 104 valence electrons. The number of nitrogens with zero attached hydrogens (tertiary/aromatic N) is 1. The summed E-state index contributed by atoms with van der Waals surface area (Å²) in [6.07, 6.45) is 10.3. The molecule has 1 aromatic heterocycles. The van der Waals surface area contributed by atoms with Crippen LogP contribution in [-0.4, -0.2) is 16.9 Å². The van der Waals surface area contributed by atoms with Gasteiger partial charge in [-0.2, -0.15) is 0 Å². The van der Waals surface area contributed by atoms with Crippen molar-refractivity contribution in [2.24, 2.45) is 5.92 Å². The first kappa shape index (κ1) is 14.3. The minimum Gasteiger partial charge on any atom is -0.349 e. The first-order valence-electron chi connectivity index (χ1n) is 7.11. The number of amides is 1. The van der Waals surface area contributed by atoms with Crippen LogP contribution in [0, 0.1) is 5.92 Å². The van der Waals surface area contributed by atoms with E-state index >= 15 is 0 Å². The second-order valence-corrected chi connectivity index (χ2v) is 5.74. The second-order valence-electron chi connectivity index (χ2n) is 5.34. The molecule has 1 saturated carbocycles. The van der Waals surface area contributed by atoms with Gasteiger partial charge < -0.3 is 5.32 Å². The van der Waals surface area contributed by atoms with E-state index in [1.54, 1.807) is 12.3 Å². The number of carbonyl (C=O) groups is 1. The SMILES string of the molecule is CCCC1CCC(NC(=O)c2ccncc2Cl)CC1. The third-order valence-corrected chi connectivity index (χ3v) is 4.20. The van der Waals surface area contributed by atoms with Gasteiger partial charge in [0.2, 0.25) is 0 Å². The van der Waals surface area contributed by atoms with Gasteiger partial charge in [-0.05, 0) is 37.7 Å². The van der Waals surface area contributed by atoms with Crippen molar-refractivity contribution in [1.82, 2.24) is 10.3 Å². The Kier molecular flexibility index (Phi) is 5.20. The smallest absolute Gasteiger partial charge is 0.253 e. The maximum absolute atomic E-state index is 12.1. The van der Waals surface area contributed by atoms with E-state index in [-0.39, 0.29) is 5.91 Å². The lowest BCUT2D eigenvalue weighted by atomic mass is 9.83. The fourth-order valence-electron chi connectivity index (χ4n) is 2.83. The van der Waals surface area contributed by atoms with Gasteiger partial charge in [0.25, 0.3) is 5.91 Å². The summed E-state index contributed by atoms with van der Waals surface area (Å²) >= 11 is 5.98. The number of nitrogens with one attached hydrogen (secondary N) is 1. The molecule has 0 spiro atoms. The van der Waals surface area contributed by atoms with Gasteiger partial charge in [0.05, 0.1) is 10.6 Å². The molecule has 2 rings (SSSR count). The van der Waals surface area contributed by atoms with Crippen molar-refractivity contribution in [2.75, 3.05) is 0 Å². The monoisotopic (exact) mass is 280 g/mol. The van der Waals surface area contributed by atoms with Gasteiger partial charge in [-0.25, -0.2) is 0 Å². The highest BCUT2D eigenvalue weighted by molar-refractivity contribution is 6.33. The van der Waals surface area contributed by atoms with Crippen LogP contribution in [0.3, 0.4) is 0 Å². The molecular formula is C15H21ClN2O. The lowest BCUT2D eigenvalue weighted by Crippen LogP contribution is -2.37. The maximum Gasteiger partial charge on any atom is 0.253 e. The number of aromatic nitrogens is 1. The highest BCUT2D eigenvalue weighted by atomic mass is 35.5. The summed E-state index contributed by atoms with van der Waals surface area (Å²) in [5.74, 6) is 0.772. The molecule has 0 atom stereocenters. The van der Waals surface area contributed by atoms with E-state index in [4.69, 9.17) is 11.6 Å². The van der Waals surface area contributed by atoms with E-state index < -0.39 is 0 Å². The third kappa shape index (κ3) is 3.93. The van der Waals surface area contributed by atoms with Crippen LogP contribution in [-0.2, 0) is 0 Å². The van der Waals surface area contributed by atoms with Crippen molar-refractivity contribution < 1.29 is 4.79 Å². The Morgan fingerprint density at radius 1 is 1.42 bits per heavy atom. The molecule has 1 amide bonds. The summed E-state index contributed by atoms with van der Waals surface area (Å²) in [5, 5.41) is 3.50. The molecule has 0 radical (unpaired) electrons. The Balaban J connectivity index is 1.86. The molecule has 0 unspecified atom stereocenters. The molecule has 1 aliphatic rings. The van der Waals surface area contributed by atoms with E-state index in [1.165, 1.54) is 31.9 Å². The molecular weight excluding hydrogens is 260 g/mol. The Morgan fingerprint density at radius 3 is 2.79 bits per heavy atom. The minimum absolute atomic E-state index is 0.0775. The van der Waals surface area contributed by atoms with E-state index in [9.17, 15) is 4.79 Å². The van der Waals surface area contributed by atoms with Crippen molar-refractivity contribution >= 4 is 17.5 Å². The lowest BCUT2D eigenvalue weighted by Gasteiger charge is -2.29. The number of hydrogen-bond donors (Lipinski definition) is 1. The summed E-state index contributed by atoms with van der Waals surface area (Å²) in [6.45, 7) is 2.24. The zero-order valence-electron chi connectivity index (χ0n) is 11.4. The molecule has 3 nitrogen and oxygen atoms in total. The standard InChI is InChI=1S/C15H21ClN2O/c1-2-3-11-4-6-12(7-5-11)18-15(19)13-8-9-17-10-14(13)16/h8-12H,2-7H2,1H3,(H,18,19). The Labute approximate surface area is 119 Å². The highest BCUT2D eigenvalue weighted by Crippen LogP contribution is 2.28. The van der Waals surface area contributed by atoms with Gasteiger partial charge in [-0.3, -0.25) is 9.78 Å². The second kappa shape index (κ2) is 6.90. The lowest BCUT2D eigenvalue weighted by molar-refractivity contribution is 0.0921. The van der Waals surface area contributed by atoms with E-state index in [1.807, 2.05) is 0 Å². The average molecular weight is 281 g/mol. The third-order valence-electron chi connectivity index (χ3n) is 3.90. The molecule has 1 aliphatic carbocycles. The molecule has 0 aliphatic heterocycles. The number of rotatable bonds is 4. The first-order chi connectivity index (χ1) is 9.20. The van der Waals surface area contributed by atoms with Crippen molar-refractivity contribution in [3.8, 4) is 0 Å².